The molecule has 1 aliphatic rings. The zero-order valence-electron chi connectivity index (χ0n) is 21.3. The number of nitrogens with zero attached hydrogens (tertiary/aromatic N) is 3. The maximum atomic E-state index is 13.3. The van der Waals surface area contributed by atoms with Crippen molar-refractivity contribution in [3.05, 3.63) is 66.8 Å². The number of nitrogens with one attached hydrogen (secondary N) is 1. The number of aromatic nitrogens is 1. The molecule has 0 aliphatic carbocycles. The molecule has 1 N–H and O–H groups in total. The van der Waals surface area contributed by atoms with E-state index in [1.165, 1.54) is 11.8 Å². The van der Waals surface area contributed by atoms with Gasteiger partial charge in [-0.1, -0.05) is 67.1 Å². The van der Waals surface area contributed by atoms with Gasteiger partial charge in [0.25, 0.3) is 11.5 Å². The van der Waals surface area contributed by atoms with Gasteiger partial charge in [0.15, 0.2) is 0 Å². The lowest BCUT2D eigenvalue weighted by molar-refractivity contribution is -0.122. The highest BCUT2D eigenvalue weighted by atomic mass is 35.5. The molecule has 37 heavy (non-hydrogen) atoms. The lowest BCUT2D eigenvalue weighted by Gasteiger charge is -2.20. The Morgan fingerprint density at radius 3 is 2.65 bits per heavy atom. The van der Waals surface area contributed by atoms with Crippen LogP contribution in [0.2, 0.25) is 5.02 Å². The van der Waals surface area contributed by atoms with E-state index in [0.717, 1.165) is 18.4 Å². The fourth-order valence-electron chi connectivity index (χ4n) is 4.00. The van der Waals surface area contributed by atoms with Gasteiger partial charge in [-0.15, -0.1) is 0 Å². The number of halogens is 1. The predicted octanol–water partition coefficient (Wildman–Crippen LogP) is 5.72. The minimum absolute atomic E-state index is 0.0674. The zero-order chi connectivity index (χ0) is 26.9. The van der Waals surface area contributed by atoms with Crippen molar-refractivity contribution in [3.8, 4) is 6.07 Å². The summed E-state index contributed by atoms with van der Waals surface area (Å²) in [6.45, 7) is 8.16. The first kappa shape index (κ1) is 28.9. The maximum Gasteiger partial charge on any atom is 0.270 e. The van der Waals surface area contributed by atoms with E-state index < -0.39 is 0 Å². The SMILES string of the molecule is CCCCn1c(NCc2ccccc2Cl)c(/C=C2/SC(=S)N(CCCOCC)C2=O)c(C)c(C#N)c1=O. The van der Waals surface area contributed by atoms with Crippen LogP contribution in [0.25, 0.3) is 6.08 Å². The predicted molar refractivity (Wildman–Crippen MR) is 155 cm³/mol. The fraction of sp³-hybridized carbons (Fsp3) is 0.407. The summed E-state index contributed by atoms with van der Waals surface area (Å²) in [7, 11) is 0. The number of ether oxygens (including phenoxy) is 1. The van der Waals surface area contributed by atoms with Crippen LogP contribution < -0.4 is 10.9 Å². The van der Waals surface area contributed by atoms with Crippen molar-refractivity contribution in [2.45, 2.75) is 53.1 Å². The van der Waals surface area contributed by atoms with Crippen LogP contribution in [0.5, 0.6) is 0 Å². The second kappa shape index (κ2) is 13.8. The standard InChI is InChI=1S/C27H31ClN4O3S2/c1-4-6-12-31-24(30-17-19-10-7-8-11-22(19)28)20(18(3)21(16-29)25(31)33)15-23-26(34)32(27(36)37-23)13-9-14-35-5-2/h7-8,10-11,15,30H,4-6,9,12-14,17H2,1-3H3/b23-15+. The fourth-order valence-corrected chi connectivity index (χ4v) is 5.49. The molecule has 0 bridgehead atoms. The Labute approximate surface area is 232 Å². The summed E-state index contributed by atoms with van der Waals surface area (Å²) in [5.41, 5.74) is 1.72. The molecule has 7 nitrogen and oxygen atoms in total. The minimum Gasteiger partial charge on any atom is -0.382 e. The summed E-state index contributed by atoms with van der Waals surface area (Å²) in [5.74, 6) is 0.365. The summed E-state index contributed by atoms with van der Waals surface area (Å²) < 4.78 is 7.47. The van der Waals surface area contributed by atoms with Gasteiger partial charge in [0.2, 0.25) is 0 Å². The van der Waals surface area contributed by atoms with E-state index in [1.54, 1.807) is 22.5 Å². The summed E-state index contributed by atoms with van der Waals surface area (Å²) in [6, 6.07) is 9.55. The second-order valence-corrected chi connectivity index (χ2v) is 10.6. The van der Waals surface area contributed by atoms with Crippen molar-refractivity contribution < 1.29 is 9.53 Å². The molecule has 10 heteroatoms. The molecule has 3 rings (SSSR count). The van der Waals surface area contributed by atoms with Gasteiger partial charge in [-0.3, -0.25) is 19.1 Å². The van der Waals surface area contributed by atoms with E-state index in [0.29, 0.717) is 70.5 Å². The van der Waals surface area contributed by atoms with Crippen LogP contribution in [-0.2, 0) is 22.6 Å². The number of nitriles is 1. The number of thioether (sulfide) groups is 1. The number of hydrogen-bond acceptors (Lipinski definition) is 7. The first-order valence-electron chi connectivity index (χ1n) is 12.3. The quantitative estimate of drug-likeness (QED) is 0.202. The first-order valence-corrected chi connectivity index (χ1v) is 13.9. The summed E-state index contributed by atoms with van der Waals surface area (Å²) >= 11 is 13.1. The molecule has 1 aromatic carbocycles. The number of carbonyl (C=O) groups excluding carboxylic acids is 1. The van der Waals surface area contributed by atoms with E-state index in [9.17, 15) is 14.9 Å². The molecular formula is C27H31ClN4O3S2. The van der Waals surface area contributed by atoms with Crippen molar-refractivity contribution in [2.24, 2.45) is 0 Å². The van der Waals surface area contributed by atoms with Crippen LogP contribution in [0.1, 0.15) is 55.4 Å². The van der Waals surface area contributed by atoms with Gasteiger partial charge >= 0.3 is 0 Å². The van der Waals surface area contributed by atoms with E-state index in [2.05, 4.69) is 11.4 Å². The Morgan fingerprint density at radius 1 is 1.22 bits per heavy atom. The van der Waals surface area contributed by atoms with Crippen LogP contribution in [0.4, 0.5) is 5.82 Å². The Kier molecular flexibility index (Phi) is 10.8. The Balaban J connectivity index is 2.07. The smallest absolute Gasteiger partial charge is 0.270 e. The van der Waals surface area contributed by atoms with Crippen molar-refractivity contribution in [2.75, 3.05) is 25.1 Å². The maximum absolute atomic E-state index is 13.3. The van der Waals surface area contributed by atoms with Gasteiger partial charge < -0.3 is 10.1 Å². The van der Waals surface area contributed by atoms with Gasteiger partial charge in [-0.25, -0.2) is 0 Å². The number of benzene rings is 1. The Bertz CT molecular complexity index is 1300. The molecule has 196 valence electrons. The molecule has 1 fully saturated rings. The molecule has 1 aromatic heterocycles. The number of rotatable bonds is 12. The number of thiocarbonyl (C=S) groups is 1. The van der Waals surface area contributed by atoms with Crippen LogP contribution in [0.3, 0.4) is 0 Å². The molecule has 0 unspecified atom stereocenters. The van der Waals surface area contributed by atoms with E-state index in [-0.39, 0.29) is 17.0 Å². The molecule has 0 radical (unpaired) electrons. The molecule has 0 spiro atoms. The average Bonchev–Trinajstić information content (AvgIpc) is 3.15. The first-order chi connectivity index (χ1) is 17.8. The highest BCUT2D eigenvalue weighted by Crippen LogP contribution is 2.35. The number of pyridine rings is 1. The van der Waals surface area contributed by atoms with Gasteiger partial charge in [-0.05, 0) is 50.0 Å². The van der Waals surface area contributed by atoms with E-state index in [1.807, 2.05) is 38.1 Å². The molecular weight excluding hydrogens is 528 g/mol. The number of hydrogen-bond donors (Lipinski definition) is 1. The second-order valence-electron chi connectivity index (χ2n) is 8.51. The Morgan fingerprint density at radius 2 is 1.97 bits per heavy atom. The van der Waals surface area contributed by atoms with Crippen molar-refractivity contribution in [1.82, 2.24) is 9.47 Å². The van der Waals surface area contributed by atoms with Crippen LogP contribution in [-0.4, -0.2) is 39.5 Å². The lowest BCUT2D eigenvalue weighted by Crippen LogP contribution is -2.30. The topological polar surface area (TPSA) is 87.4 Å². The molecule has 2 aromatic rings. The third-order valence-electron chi connectivity index (χ3n) is 6.04. The van der Waals surface area contributed by atoms with Crippen LogP contribution in [0.15, 0.2) is 34.0 Å². The zero-order valence-corrected chi connectivity index (χ0v) is 23.7. The third kappa shape index (κ3) is 6.82. The van der Waals surface area contributed by atoms with E-state index in [4.69, 9.17) is 28.6 Å². The van der Waals surface area contributed by atoms with Gasteiger partial charge in [0.05, 0.1) is 4.91 Å². The number of carbonyl (C=O) groups is 1. The molecule has 2 heterocycles. The van der Waals surface area contributed by atoms with Gasteiger partial charge in [0.1, 0.15) is 21.8 Å². The van der Waals surface area contributed by atoms with Crippen molar-refractivity contribution in [3.63, 3.8) is 0 Å². The number of anilines is 1. The van der Waals surface area contributed by atoms with E-state index >= 15 is 0 Å². The van der Waals surface area contributed by atoms with Crippen LogP contribution in [0, 0.1) is 18.3 Å². The molecule has 0 saturated carbocycles. The van der Waals surface area contributed by atoms with Gasteiger partial charge in [0, 0.05) is 43.4 Å². The highest BCUT2D eigenvalue weighted by Gasteiger charge is 2.32. The number of amides is 1. The molecule has 0 atom stereocenters. The largest absolute Gasteiger partial charge is 0.382 e. The summed E-state index contributed by atoms with van der Waals surface area (Å²) in [5, 5.41) is 13.8. The molecule has 1 saturated heterocycles. The summed E-state index contributed by atoms with van der Waals surface area (Å²) in [6.07, 6.45) is 4.06. The van der Waals surface area contributed by atoms with Gasteiger partial charge in [-0.2, -0.15) is 5.26 Å². The molecule has 1 aliphatic heterocycles. The monoisotopic (exact) mass is 558 g/mol. The highest BCUT2D eigenvalue weighted by molar-refractivity contribution is 8.26. The minimum atomic E-state index is -0.351. The third-order valence-corrected chi connectivity index (χ3v) is 7.78. The molecule has 1 amide bonds. The van der Waals surface area contributed by atoms with Crippen molar-refractivity contribution in [1.29, 1.82) is 5.26 Å². The number of unbranched alkanes of at least 4 members (excludes halogenated alkanes) is 1. The van der Waals surface area contributed by atoms with Crippen molar-refractivity contribution >= 4 is 57.7 Å². The summed E-state index contributed by atoms with van der Waals surface area (Å²) in [4.78, 5) is 28.6. The average molecular weight is 559 g/mol. The van der Waals surface area contributed by atoms with Crippen LogP contribution >= 0.6 is 35.6 Å². The Hall–Kier alpha value is -2.64. The normalized spacial score (nSPS) is 14.5. The lowest BCUT2D eigenvalue weighted by atomic mass is 10.0.